The maximum atomic E-state index is 13.6. The van der Waals surface area contributed by atoms with Crippen LogP contribution in [-0.4, -0.2) is 38.6 Å². The SMILES string of the molecule is CCOCOc1cc2c(c(OCOCC)c1)C(=O)O[C@H](c1ccccc1)C/C=C/CC/C=C/C(=O)C2. The van der Waals surface area contributed by atoms with Crippen LogP contribution < -0.4 is 9.47 Å². The summed E-state index contributed by atoms with van der Waals surface area (Å²) in [4.78, 5) is 26.4. The Bertz CT molecular complexity index is 1040. The second kappa shape index (κ2) is 14.9. The van der Waals surface area contributed by atoms with Crippen LogP contribution in [-0.2, 0) is 25.4 Å². The summed E-state index contributed by atoms with van der Waals surface area (Å²) in [6, 6.07) is 12.9. The van der Waals surface area contributed by atoms with E-state index < -0.39 is 12.1 Å². The first-order chi connectivity index (χ1) is 17.6. The van der Waals surface area contributed by atoms with Crippen LogP contribution in [0.5, 0.6) is 11.5 Å². The molecule has 0 amide bonds. The molecule has 0 N–H and O–H groups in total. The third kappa shape index (κ3) is 8.36. The smallest absolute Gasteiger partial charge is 0.342 e. The van der Waals surface area contributed by atoms with Gasteiger partial charge in [0.15, 0.2) is 19.4 Å². The maximum absolute atomic E-state index is 13.6. The summed E-state index contributed by atoms with van der Waals surface area (Å²) in [5.41, 5.74) is 1.52. The number of ketones is 1. The fourth-order valence-corrected chi connectivity index (χ4v) is 3.69. The lowest BCUT2D eigenvalue weighted by atomic mass is 9.99. The summed E-state index contributed by atoms with van der Waals surface area (Å²) in [7, 11) is 0. The molecule has 0 radical (unpaired) electrons. The summed E-state index contributed by atoms with van der Waals surface area (Å²) in [5, 5.41) is 0. The lowest BCUT2D eigenvalue weighted by Crippen LogP contribution is -2.17. The van der Waals surface area contributed by atoms with Crippen LogP contribution in [0.25, 0.3) is 0 Å². The molecule has 1 aliphatic heterocycles. The number of rotatable bonds is 9. The van der Waals surface area contributed by atoms with Gasteiger partial charge in [0.25, 0.3) is 0 Å². The molecule has 0 aromatic heterocycles. The Morgan fingerprint density at radius 2 is 1.61 bits per heavy atom. The number of hydrogen-bond donors (Lipinski definition) is 0. The highest BCUT2D eigenvalue weighted by Crippen LogP contribution is 2.33. The van der Waals surface area contributed by atoms with E-state index in [2.05, 4.69) is 0 Å². The van der Waals surface area contributed by atoms with Gasteiger partial charge in [-0.3, -0.25) is 4.79 Å². The summed E-state index contributed by atoms with van der Waals surface area (Å²) in [5.74, 6) is -0.0722. The highest BCUT2D eigenvalue weighted by atomic mass is 16.7. The summed E-state index contributed by atoms with van der Waals surface area (Å²) in [6.07, 6.45) is 9.00. The van der Waals surface area contributed by atoms with Crippen molar-refractivity contribution < 1.29 is 33.3 Å². The first-order valence-corrected chi connectivity index (χ1v) is 12.3. The lowest BCUT2D eigenvalue weighted by molar-refractivity contribution is -0.114. The molecule has 0 spiro atoms. The standard InChI is InChI=1S/C29H34O7/c1-3-32-20-34-25-18-23-17-24(30)15-11-6-5-7-12-16-26(22-13-9-8-10-14-22)36-29(31)28(23)27(19-25)35-21-33-4-2/h7-15,18-19,26H,3-6,16-17,20-21H2,1-2H3/b12-7+,15-11+/t26-/m0/s1. The molecule has 0 fully saturated rings. The van der Waals surface area contributed by atoms with Gasteiger partial charge < -0.3 is 23.7 Å². The van der Waals surface area contributed by atoms with E-state index in [-0.39, 0.29) is 37.1 Å². The lowest BCUT2D eigenvalue weighted by Gasteiger charge is -2.21. The normalized spacial score (nSPS) is 18.4. The number of allylic oxidation sites excluding steroid dienone is 3. The van der Waals surface area contributed by atoms with Crippen LogP contribution in [0.15, 0.2) is 66.8 Å². The Hall–Kier alpha value is -3.42. The number of ether oxygens (including phenoxy) is 5. The van der Waals surface area contributed by atoms with E-state index in [9.17, 15) is 9.59 Å². The van der Waals surface area contributed by atoms with Crippen molar-refractivity contribution in [1.29, 1.82) is 0 Å². The molecule has 1 atom stereocenters. The van der Waals surface area contributed by atoms with Gasteiger partial charge in [0.2, 0.25) is 0 Å². The van der Waals surface area contributed by atoms with Crippen molar-refractivity contribution in [3.05, 3.63) is 83.5 Å². The fourth-order valence-electron chi connectivity index (χ4n) is 3.69. The molecule has 1 heterocycles. The molecular weight excluding hydrogens is 460 g/mol. The zero-order chi connectivity index (χ0) is 25.6. The number of benzene rings is 2. The Kier molecular flexibility index (Phi) is 11.2. The van der Waals surface area contributed by atoms with Crippen LogP contribution in [0.3, 0.4) is 0 Å². The van der Waals surface area contributed by atoms with Crippen LogP contribution in [0.1, 0.15) is 60.7 Å². The Balaban J connectivity index is 2.05. The molecule has 7 heteroatoms. The monoisotopic (exact) mass is 494 g/mol. The van der Waals surface area contributed by atoms with E-state index in [1.54, 1.807) is 18.2 Å². The van der Waals surface area contributed by atoms with Crippen molar-refractivity contribution in [3.63, 3.8) is 0 Å². The van der Waals surface area contributed by atoms with E-state index in [1.165, 1.54) is 0 Å². The van der Waals surface area contributed by atoms with Gasteiger partial charge >= 0.3 is 5.97 Å². The van der Waals surface area contributed by atoms with E-state index in [4.69, 9.17) is 23.7 Å². The first-order valence-electron chi connectivity index (χ1n) is 12.3. The highest BCUT2D eigenvalue weighted by molar-refractivity contribution is 5.98. The second-order valence-corrected chi connectivity index (χ2v) is 8.10. The average Bonchev–Trinajstić information content (AvgIpc) is 2.87. The fraction of sp³-hybridized carbons (Fsp3) is 0.379. The minimum atomic E-state index is -0.580. The predicted octanol–water partition coefficient (Wildman–Crippen LogP) is 5.74. The van der Waals surface area contributed by atoms with Gasteiger partial charge in [-0.05, 0) is 50.0 Å². The number of carbonyl (C=O) groups excluding carboxylic acids is 2. The number of carbonyl (C=O) groups is 2. The molecule has 0 saturated heterocycles. The molecule has 0 unspecified atom stereocenters. The second-order valence-electron chi connectivity index (χ2n) is 8.10. The molecule has 7 nitrogen and oxygen atoms in total. The molecule has 192 valence electrons. The maximum Gasteiger partial charge on any atom is 0.342 e. The first kappa shape index (κ1) is 27.2. The zero-order valence-electron chi connectivity index (χ0n) is 20.9. The van der Waals surface area contributed by atoms with Crippen LogP contribution in [0.2, 0.25) is 0 Å². The molecule has 0 saturated carbocycles. The van der Waals surface area contributed by atoms with Crippen LogP contribution in [0.4, 0.5) is 0 Å². The molecular formula is C29H34O7. The summed E-state index contributed by atoms with van der Waals surface area (Å²) < 4.78 is 28.2. The van der Waals surface area contributed by atoms with Crippen LogP contribution >= 0.6 is 0 Å². The molecule has 0 aliphatic carbocycles. The van der Waals surface area contributed by atoms with Gasteiger partial charge in [-0.1, -0.05) is 48.6 Å². The Morgan fingerprint density at radius 3 is 2.36 bits per heavy atom. The molecule has 36 heavy (non-hydrogen) atoms. The molecule has 3 rings (SSSR count). The van der Waals surface area contributed by atoms with Gasteiger partial charge in [0.05, 0.1) is 0 Å². The van der Waals surface area contributed by atoms with Gasteiger partial charge in [-0.2, -0.15) is 0 Å². The third-order valence-corrected chi connectivity index (χ3v) is 5.48. The average molecular weight is 495 g/mol. The van der Waals surface area contributed by atoms with E-state index in [0.717, 1.165) is 18.4 Å². The minimum Gasteiger partial charge on any atom is -0.467 e. The molecule has 2 aromatic carbocycles. The summed E-state index contributed by atoms with van der Waals surface area (Å²) >= 11 is 0. The van der Waals surface area contributed by atoms with Crippen molar-refractivity contribution in [1.82, 2.24) is 0 Å². The molecule has 2 aromatic rings. The predicted molar refractivity (Wildman–Crippen MR) is 136 cm³/mol. The Morgan fingerprint density at radius 1 is 0.889 bits per heavy atom. The van der Waals surface area contributed by atoms with Crippen molar-refractivity contribution >= 4 is 11.8 Å². The summed E-state index contributed by atoms with van der Waals surface area (Å²) in [6.45, 7) is 4.61. The van der Waals surface area contributed by atoms with Gasteiger partial charge in [-0.25, -0.2) is 4.79 Å². The highest BCUT2D eigenvalue weighted by Gasteiger charge is 2.26. The third-order valence-electron chi connectivity index (χ3n) is 5.48. The van der Waals surface area contributed by atoms with Crippen molar-refractivity contribution in [2.45, 2.75) is 45.6 Å². The van der Waals surface area contributed by atoms with E-state index >= 15 is 0 Å². The molecule has 1 aliphatic rings. The van der Waals surface area contributed by atoms with E-state index in [0.29, 0.717) is 30.9 Å². The topological polar surface area (TPSA) is 80.3 Å². The quantitative estimate of drug-likeness (QED) is 0.190. The van der Waals surface area contributed by atoms with Crippen molar-refractivity contribution in [3.8, 4) is 11.5 Å². The van der Waals surface area contributed by atoms with Crippen LogP contribution in [0, 0.1) is 0 Å². The van der Waals surface area contributed by atoms with Crippen molar-refractivity contribution in [2.75, 3.05) is 26.8 Å². The van der Waals surface area contributed by atoms with Crippen molar-refractivity contribution in [2.24, 2.45) is 0 Å². The molecule has 0 bridgehead atoms. The number of cyclic esters (lactones) is 1. The Labute approximate surface area is 212 Å². The minimum absolute atomic E-state index is 0.0103. The zero-order valence-corrected chi connectivity index (χ0v) is 20.9. The van der Waals surface area contributed by atoms with E-state index in [1.807, 2.05) is 62.4 Å². The van der Waals surface area contributed by atoms with Gasteiger partial charge in [-0.15, -0.1) is 0 Å². The number of esters is 1. The number of fused-ring (bicyclic) bond motifs is 1. The number of hydrogen-bond acceptors (Lipinski definition) is 7. The van der Waals surface area contributed by atoms with Gasteiger partial charge in [0, 0.05) is 32.1 Å². The largest absolute Gasteiger partial charge is 0.467 e. The van der Waals surface area contributed by atoms with Gasteiger partial charge in [0.1, 0.15) is 23.2 Å².